The lowest BCUT2D eigenvalue weighted by atomic mass is 10.1. The lowest BCUT2D eigenvalue weighted by Gasteiger charge is -2.22. The summed E-state index contributed by atoms with van der Waals surface area (Å²) in [5.74, 6) is -3.01. The highest BCUT2D eigenvalue weighted by atomic mass is 16.6. The van der Waals surface area contributed by atoms with E-state index in [1.54, 1.807) is 75.4 Å². The number of imidazole rings is 1. The number of nitrogens with zero attached hydrogens (tertiary/aromatic N) is 4. The van der Waals surface area contributed by atoms with Gasteiger partial charge in [0.15, 0.2) is 29.3 Å². The summed E-state index contributed by atoms with van der Waals surface area (Å²) in [5.41, 5.74) is 0.522. The zero-order valence-electron chi connectivity index (χ0n) is 24.5. The van der Waals surface area contributed by atoms with Gasteiger partial charge in [0, 0.05) is 11.3 Å². The SMILES string of the molecule is CC(C)(C)OC(=O)c1ccccc1NCC(=O)N[C@H]1[C@@H](O)[C@H](n2cnc3c(NC(=O)c4ccccc4)ncnc32)O[C@@H]1C(=O)O. The Kier molecular flexibility index (Phi) is 8.74. The molecular formula is C30H31N7O8. The molecule has 45 heavy (non-hydrogen) atoms. The van der Waals surface area contributed by atoms with Crippen LogP contribution in [0.4, 0.5) is 11.5 Å². The van der Waals surface area contributed by atoms with Gasteiger partial charge in [-0.1, -0.05) is 30.3 Å². The van der Waals surface area contributed by atoms with E-state index in [1.807, 2.05) is 0 Å². The summed E-state index contributed by atoms with van der Waals surface area (Å²) in [6.07, 6.45) is -2.03. The van der Waals surface area contributed by atoms with Crippen LogP contribution in [0.1, 0.15) is 47.7 Å². The Balaban J connectivity index is 1.30. The molecule has 2 aromatic carbocycles. The van der Waals surface area contributed by atoms with Gasteiger partial charge < -0.3 is 35.6 Å². The first-order valence-corrected chi connectivity index (χ1v) is 13.9. The van der Waals surface area contributed by atoms with Crippen molar-refractivity contribution < 1.29 is 38.9 Å². The van der Waals surface area contributed by atoms with Crippen LogP contribution in [0.2, 0.25) is 0 Å². The highest BCUT2D eigenvalue weighted by Gasteiger charge is 2.49. The van der Waals surface area contributed by atoms with E-state index in [-0.39, 0.29) is 29.1 Å². The van der Waals surface area contributed by atoms with Crippen LogP contribution >= 0.6 is 0 Å². The Labute approximate surface area is 256 Å². The van der Waals surface area contributed by atoms with Gasteiger partial charge in [-0.25, -0.2) is 24.5 Å². The van der Waals surface area contributed by atoms with E-state index < -0.39 is 53.8 Å². The Bertz CT molecular complexity index is 1740. The van der Waals surface area contributed by atoms with Crippen molar-refractivity contribution in [3.05, 3.63) is 78.4 Å². The van der Waals surface area contributed by atoms with E-state index >= 15 is 0 Å². The van der Waals surface area contributed by atoms with Crippen LogP contribution < -0.4 is 16.0 Å². The monoisotopic (exact) mass is 617 g/mol. The first-order valence-electron chi connectivity index (χ1n) is 13.9. The second-order valence-electron chi connectivity index (χ2n) is 11.1. The molecule has 1 aliphatic rings. The van der Waals surface area contributed by atoms with Gasteiger partial charge in [0.05, 0.1) is 24.5 Å². The van der Waals surface area contributed by atoms with Crippen molar-refractivity contribution in [3.63, 3.8) is 0 Å². The molecule has 0 saturated carbocycles. The predicted molar refractivity (Wildman–Crippen MR) is 159 cm³/mol. The van der Waals surface area contributed by atoms with Gasteiger partial charge in [-0.15, -0.1) is 0 Å². The van der Waals surface area contributed by atoms with Crippen molar-refractivity contribution in [1.82, 2.24) is 24.8 Å². The third-order valence-electron chi connectivity index (χ3n) is 6.73. The second kappa shape index (κ2) is 12.7. The molecular weight excluding hydrogens is 586 g/mol. The average Bonchev–Trinajstić information content (AvgIpc) is 3.57. The quantitative estimate of drug-likeness (QED) is 0.171. The standard InChI is InChI=1S/C30H31N7O8/c1-30(2,3)45-29(43)17-11-7-8-12-18(17)31-13-19(38)35-20-22(39)27(44-23(20)28(41)42)37-15-34-21-24(32-14-33-25(21)37)36-26(40)16-9-5-4-6-10-16/h4-12,14-15,20,22-23,27,31,39H,13H2,1-3H3,(H,35,38)(H,41,42)(H,32,33,36,40)/t20-,22+,23-,27+/m0/s1. The first kappa shape index (κ1) is 31.0. The number of anilines is 2. The van der Waals surface area contributed by atoms with Crippen LogP contribution in [-0.2, 0) is 19.1 Å². The summed E-state index contributed by atoms with van der Waals surface area (Å²) >= 11 is 0. The molecule has 3 heterocycles. The molecule has 0 bridgehead atoms. The number of esters is 1. The molecule has 1 saturated heterocycles. The van der Waals surface area contributed by atoms with E-state index in [1.165, 1.54) is 17.2 Å². The predicted octanol–water partition coefficient (Wildman–Crippen LogP) is 1.97. The summed E-state index contributed by atoms with van der Waals surface area (Å²) in [6.45, 7) is 4.85. The van der Waals surface area contributed by atoms with Gasteiger partial charge in [0.25, 0.3) is 5.91 Å². The van der Waals surface area contributed by atoms with Gasteiger partial charge >= 0.3 is 11.9 Å². The molecule has 15 heteroatoms. The lowest BCUT2D eigenvalue weighted by Crippen LogP contribution is -2.51. The topological polar surface area (TPSA) is 207 Å². The molecule has 4 aromatic rings. The summed E-state index contributed by atoms with van der Waals surface area (Å²) < 4.78 is 12.4. The minimum Gasteiger partial charge on any atom is -0.479 e. The number of aliphatic hydroxyl groups is 1. The lowest BCUT2D eigenvalue weighted by molar-refractivity contribution is -0.152. The Morgan fingerprint density at radius 1 is 1.00 bits per heavy atom. The number of para-hydroxylation sites is 1. The zero-order valence-corrected chi connectivity index (χ0v) is 24.5. The summed E-state index contributed by atoms with van der Waals surface area (Å²) in [6, 6.07) is 13.6. The first-order chi connectivity index (χ1) is 21.4. The van der Waals surface area contributed by atoms with Crippen molar-refractivity contribution in [3.8, 4) is 0 Å². The van der Waals surface area contributed by atoms with Gasteiger partial charge in [-0.3, -0.25) is 14.2 Å². The Morgan fingerprint density at radius 3 is 2.42 bits per heavy atom. The van der Waals surface area contributed by atoms with Crippen LogP contribution in [-0.4, -0.2) is 83.9 Å². The maximum atomic E-state index is 12.9. The molecule has 4 atom stereocenters. The van der Waals surface area contributed by atoms with Crippen molar-refractivity contribution in [2.75, 3.05) is 17.2 Å². The number of hydrogen-bond acceptors (Lipinski definition) is 11. The molecule has 1 fully saturated rings. The maximum Gasteiger partial charge on any atom is 0.340 e. The number of aliphatic carboxylic acids is 1. The Morgan fingerprint density at radius 2 is 1.71 bits per heavy atom. The smallest absolute Gasteiger partial charge is 0.340 e. The van der Waals surface area contributed by atoms with E-state index in [0.717, 1.165) is 0 Å². The number of hydrogen-bond donors (Lipinski definition) is 5. The summed E-state index contributed by atoms with van der Waals surface area (Å²) in [7, 11) is 0. The van der Waals surface area contributed by atoms with Gasteiger partial charge in [-0.2, -0.15) is 0 Å². The molecule has 1 aliphatic heterocycles. The van der Waals surface area contributed by atoms with Crippen molar-refractivity contribution in [2.24, 2.45) is 0 Å². The van der Waals surface area contributed by atoms with Gasteiger partial charge in [0.1, 0.15) is 18.0 Å². The van der Waals surface area contributed by atoms with Gasteiger partial charge in [0.2, 0.25) is 5.91 Å². The average molecular weight is 618 g/mol. The molecule has 234 valence electrons. The van der Waals surface area contributed by atoms with Crippen LogP contribution in [0, 0.1) is 0 Å². The molecule has 0 spiro atoms. The molecule has 5 N–H and O–H groups in total. The number of carbonyl (C=O) groups is 4. The number of nitrogens with one attached hydrogen (secondary N) is 3. The van der Waals surface area contributed by atoms with E-state index in [0.29, 0.717) is 11.3 Å². The van der Waals surface area contributed by atoms with Crippen LogP contribution in [0.5, 0.6) is 0 Å². The fourth-order valence-corrected chi connectivity index (χ4v) is 4.73. The number of carboxylic acids is 1. The molecule has 15 nitrogen and oxygen atoms in total. The van der Waals surface area contributed by atoms with Gasteiger partial charge in [-0.05, 0) is 45.0 Å². The highest BCUT2D eigenvalue weighted by molar-refractivity contribution is 6.06. The van der Waals surface area contributed by atoms with E-state index in [2.05, 4.69) is 30.9 Å². The number of benzene rings is 2. The number of rotatable bonds is 9. The zero-order chi connectivity index (χ0) is 32.3. The molecule has 2 aromatic heterocycles. The van der Waals surface area contributed by atoms with Crippen LogP contribution in [0.3, 0.4) is 0 Å². The number of aromatic nitrogens is 4. The fraction of sp³-hybridized carbons (Fsp3) is 0.300. The molecule has 2 amide bonds. The Hall–Kier alpha value is -5.41. The minimum atomic E-state index is -1.63. The normalized spacial score (nSPS) is 19.6. The van der Waals surface area contributed by atoms with Crippen molar-refractivity contribution in [1.29, 1.82) is 0 Å². The fourth-order valence-electron chi connectivity index (χ4n) is 4.73. The molecule has 5 rings (SSSR count). The van der Waals surface area contributed by atoms with E-state index in [4.69, 9.17) is 9.47 Å². The minimum absolute atomic E-state index is 0.0949. The largest absolute Gasteiger partial charge is 0.479 e. The molecule has 0 unspecified atom stereocenters. The highest BCUT2D eigenvalue weighted by Crippen LogP contribution is 2.32. The van der Waals surface area contributed by atoms with Crippen molar-refractivity contribution >= 4 is 46.4 Å². The number of aliphatic hydroxyl groups excluding tert-OH is 1. The van der Waals surface area contributed by atoms with E-state index in [9.17, 15) is 29.4 Å². The number of fused-ring (bicyclic) bond motifs is 1. The summed E-state index contributed by atoms with van der Waals surface area (Å²) in [4.78, 5) is 62.9. The summed E-state index contributed by atoms with van der Waals surface area (Å²) in [5, 5.41) is 29.1. The number of carbonyl (C=O) groups excluding carboxylic acids is 3. The number of ether oxygens (including phenoxy) is 2. The third-order valence-corrected chi connectivity index (χ3v) is 6.73. The second-order valence-corrected chi connectivity index (χ2v) is 11.1. The maximum absolute atomic E-state index is 12.9. The number of carboxylic acid groups (broad SMARTS) is 1. The number of amides is 2. The van der Waals surface area contributed by atoms with Crippen molar-refractivity contribution in [2.45, 2.75) is 50.8 Å². The molecule has 0 aliphatic carbocycles. The third kappa shape index (κ3) is 6.89. The molecule has 0 radical (unpaired) electrons. The van der Waals surface area contributed by atoms with Crippen LogP contribution in [0.15, 0.2) is 67.3 Å². The van der Waals surface area contributed by atoms with Crippen LogP contribution in [0.25, 0.3) is 11.2 Å².